The van der Waals surface area contributed by atoms with E-state index in [9.17, 15) is 4.79 Å². The minimum atomic E-state index is -1.35. The first-order valence-electron chi connectivity index (χ1n) is 4.10. The summed E-state index contributed by atoms with van der Waals surface area (Å²) in [6.45, 7) is 2.51. The summed E-state index contributed by atoms with van der Waals surface area (Å²) in [5.74, 6) is -1.15. The third kappa shape index (κ3) is 4.82. The smallest absolute Gasteiger partial charge is 0.314 e. The SMILES string of the molecule is CCC(CO)(CO)C(=O)O.CCO. The van der Waals surface area contributed by atoms with Gasteiger partial charge in [-0.05, 0) is 13.3 Å². The van der Waals surface area contributed by atoms with Gasteiger partial charge in [0.1, 0.15) is 5.41 Å². The van der Waals surface area contributed by atoms with E-state index in [1.165, 1.54) is 0 Å². The average molecular weight is 194 g/mol. The van der Waals surface area contributed by atoms with Crippen molar-refractivity contribution in [3.63, 3.8) is 0 Å². The number of carbonyl (C=O) groups is 1. The molecule has 0 aromatic carbocycles. The number of aliphatic hydroxyl groups is 3. The van der Waals surface area contributed by atoms with Gasteiger partial charge in [-0.3, -0.25) is 4.79 Å². The number of hydrogen-bond donors (Lipinski definition) is 4. The fourth-order valence-electron chi connectivity index (χ4n) is 0.560. The molecule has 0 saturated heterocycles. The highest BCUT2D eigenvalue weighted by Crippen LogP contribution is 2.19. The predicted octanol–water partition coefficient (Wildman–Crippen LogP) is -0.549. The third-order valence-corrected chi connectivity index (χ3v) is 1.74. The molecule has 0 aliphatic carbocycles. The Labute approximate surface area is 77.6 Å². The van der Waals surface area contributed by atoms with Gasteiger partial charge in [-0.15, -0.1) is 0 Å². The van der Waals surface area contributed by atoms with Gasteiger partial charge in [-0.25, -0.2) is 0 Å². The zero-order valence-corrected chi connectivity index (χ0v) is 8.03. The lowest BCUT2D eigenvalue weighted by atomic mass is 9.87. The molecule has 0 atom stereocenters. The number of carboxylic acids is 1. The van der Waals surface area contributed by atoms with Gasteiger partial charge in [-0.2, -0.15) is 0 Å². The van der Waals surface area contributed by atoms with Crippen molar-refractivity contribution in [3.05, 3.63) is 0 Å². The fourth-order valence-corrected chi connectivity index (χ4v) is 0.560. The monoisotopic (exact) mass is 194 g/mol. The maximum atomic E-state index is 10.4. The molecule has 13 heavy (non-hydrogen) atoms. The molecule has 0 radical (unpaired) electrons. The van der Waals surface area contributed by atoms with Crippen molar-refractivity contribution >= 4 is 5.97 Å². The topological polar surface area (TPSA) is 98.0 Å². The van der Waals surface area contributed by atoms with E-state index < -0.39 is 24.6 Å². The normalized spacial score (nSPS) is 10.2. The summed E-state index contributed by atoms with van der Waals surface area (Å²) in [5.41, 5.74) is -1.35. The van der Waals surface area contributed by atoms with Crippen LogP contribution in [0.25, 0.3) is 0 Å². The second-order valence-corrected chi connectivity index (χ2v) is 2.57. The molecule has 5 nitrogen and oxygen atoms in total. The quantitative estimate of drug-likeness (QED) is 0.481. The van der Waals surface area contributed by atoms with Crippen molar-refractivity contribution in [2.75, 3.05) is 19.8 Å². The van der Waals surface area contributed by atoms with Crippen LogP contribution in [-0.4, -0.2) is 46.2 Å². The highest BCUT2D eigenvalue weighted by Gasteiger charge is 2.35. The maximum absolute atomic E-state index is 10.4. The lowest BCUT2D eigenvalue weighted by molar-refractivity contribution is -0.154. The van der Waals surface area contributed by atoms with Crippen LogP contribution in [0.1, 0.15) is 20.3 Å². The molecule has 80 valence electrons. The number of aliphatic hydroxyl groups excluding tert-OH is 3. The number of hydrogen-bond acceptors (Lipinski definition) is 4. The van der Waals surface area contributed by atoms with Crippen LogP contribution in [0.4, 0.5) is 0 Å². The van der Waals surface area contributed by atoms with Crippen LogP contribution in [-0.2, 0) is 4.79 Å². The van der Waals surface area contributed by atoms with Gasteiger partial charge >= 0.3 is 5.97 Å². The Balaban J connectivity index is 0. The highest BCUT2D eigenvalue weighted by molar-refractivity contribution is 5.74. The Kier molecular flexibility index (Phi) is 9.11. The van der Waals surface area contributed by atoms with Crippen molar-refractivity contribution in [1.82, 2.24) is 0 Å². The van der Waals surface area contributed by atoms with Crippen LogP contribution in [0.5, 0.6) is 0 Å². The first kappa shape index (κ1) is 14.9. The summed E-state index contributed by atoms with van der Waals surface area (Å²) in [5, 5.41) is 33.3. The van der Waals surface area contributed by atoms with Gasteiger partial charge in [-0.1, -0.05) is 6.92 Å². The van der Waals surface area contributed by atoms with Crippen LogP contribution in [0.2, 0.25) is 0 Å². The van der Waals surface area contributed by atoms with Gasteiger partial charge in [0.05, 0.1) is 13.2 Å². The van der Waals surface area contributed by atoms with Crippen molar-refractivity contribution in [3.8, 4) is 0 Å². The van der Waals surface area contributed by atoms with Gasteiger partial charge in [0.2, 0.25) is 0 Å². The van der Waals surface area contributed by atoms with Crippen LogP contribution in [0.15, 0.2) is 0 Å². The molecule has 0 aromatic heterocycles. The average Bonchev–Trinajstić information content (AvgIpc) is 2.09. The molecule has 0 amide bonds. The van der Waals surface area contributed by atoms with Crippen LogP contribution < -0.4 is 0 Å². The summed E-state index contributed by atoms with van der Waals surface area (Å²) < 4.78 is 0. The second-order valence-electron chi connectivity index (χ2n) is 2.57. The molecule has 0 aliphatic heterocycles. The molecule has 5 heteroatoms. The molecule has 4 N–H and O–H groups in total. The third-order valence-electron chi connectivity index (χ3n) is 1.74. The highest BCUT2D eigenvalue weighted by atomic mass is 16.4. The predicted molar refractivity (Wildman–Crippen MR) is 47.3 cm³/mol. The fraction of sp³-hybridized carbons (Fsp3) is 0.875. The van der Waals surface area contributed by atoms with E-state index in [1.54, 1.807) is 13.8 Å². The van der Waals surface area contributed by atoms with Gasteiger partial charge in [0.15, 0.2) is 0 Å². The Hall–Kier alpha value is -0.650. The van der Waals surface area contributed by atoms with E-state index >= 15 is 0 Å². The zero-order chi connectivity index (χ0) is 10.9. The Bertz CT molecular complexity index is 122. The molecular weight excluding hydrogens is 176 g/mol. The molecule has 0 saturated carbocycles. The second kappa shape index (κ2) is 7.97. The van der Waals surface area contributed by atoms with E-state index in [4.69, 9.17) is 20.4 Å². The lowest BCUT2D eigenvalue weighted by Crippen LogP contribution is -2.37. The summed E-state index contributed by atoms with van der Waals surface area (Å²) in [6, 6.07) is 0. The number of carboxylic acid groups (broad SMARTS) is 1. The largest absolute Gasteiger partial charge is 0.481 e. The summed E-state index contributed by atoms with van der Waals surface area (Å²) in [4.78, 5) is 10.4. The van der Waals surface area contributed by atoms with Crippen molar-refractivity contribution < 1.29 is 25.2 Å². The zero-order valence-electron chi connectivity index (χ0n) is 8.03. The van der Waals surface area contributed by atoms with E-state index in [1.807, 2.05) is 0 Å². The van der Waals surface area contributed by atoms with Gasteiger partial charge in [0, 0.05) is 6.61 Å². The molecular formula is C8H18O5. The first-order chi connectivity index (χ1) is 6.04. The van der Waals surface area contributed by atoms with Crippen LogP contribution in [0.3, 0.4) is 0 Å². The molecule has 0 aliphatic rings. The van der Waals surface area contributed by atoms with Crippen LogP contribution in [0, 0.1) is 5.41 Å². The van der Waals surface area contributed by atoms with E-state index in [2.05, 4.69) is 0 Å². The summed E-state index contributed by atoms with van der Waals surface area (Å²) in [6.07, 6.45) is 0.231. The van der Waals surface area contributed by atoms with Gasteiger partial charge < -0.3 is 20.4 Å². The molecule has 0 fully saturated rings. The standard InChI is InChI=1S/C6H12O4.C2H6O/c1-2-6(3-7,4-8)5(9)10;1-2-3/h7-8H,2-4H2,1H3,(H,9,10);3H,2H2,1H3. The minimum absolute atomic E-state index is 0.231. The lowest BCUT2D eigenvalue weighted by Gasteiger charge is -2.21. The van der Waals surface area contributed by atoms with Crippen molar-refractivity contribution in [2.45, 2.75) is 20.3 Å². The minimum Gasteiger partial charge on any atom is -0.481 e. The van der Waals surface area contributed by atoms with Gasteiger partial charge in [0.25, 0.3) is 0 Å². The molecule has 0 aromatic rings. The number of rotatable bonds is 4. The Morgan fingerprint density at radius 1 is 1.15 bits per heavy atom. The van der Waals surface area contributed by atoms with E-state index in [0.29, 0.717) is 0 Å². The van der Waals surface area contributed by atoms with E-state index in [0.717, 1.165) is 0 Å². The first-order valence-corrected chi connectivity index (χ1v) is 4.10. The molecule has 0 bridgehead atoms. The molecule has 0 rings (SSSR count). The molecule has 0 heterocycles. The van der Waals surface area contributed by atoms with Crippen LogP contribution >= 0.6 is 0 Å². The molecule has 0 unspecified atom stereocenters. The van der Waals surface area contributed by atoms with Crippen molar-refractivity contribution in [1.29, 1.82) is 0 Å². The Morgan fingerprint density at radius 2 is 1.46 bits per heavy atom. The summed E-state index contributed by atoms with van der Waals surface area (Å²) >= 11 is 0. The van der Waals surface area contributed by atoms with E-state index in [-0.39, 0.29) is 13.0 Å². The number of aliphatic carboxylic acids is 1. The maximum Gasteiger partial charge on any atom is 0.314 e. The molecule has 0 spiro atoms. The van der Waals surface area contributed by atoms with Crippen molar-refractivity contribution in [2.24, 2.45) is 5.41 Å². The Morgan fingerprint density at radius 3 is 1.46 bits per heavy atom. The summed E-state index contributed by atoms with van der Waals surface area (Å²) in [7, 11) is 0.